The molecule has 0 unspecified atom stereocenters. The average molecular weight is 260 g/mol. The standard InChI is InChI=1S/C16H24N2O/c1-13-3-4-15(14(2)9-13)16(11-19-12-16)10-18-7-5-17-6-8-18/h3-4,9,17H,5-8,10-12H2,1-2H3. The molecule has 0 spiro atoms. The average Bonchev–Trinajstić information content (AvgIpc) is 2.36. The first kappa shape index (κ1) is 13.1. The minimum atomic E-state index is 0.231. The maximum atomic E-state index is 5.58. The van der Waals surface area contributed by atoms with E-state index in [4.69, 9.17) is 4.74 Å². The Morgan fingerprint density at radius 1 is 1.21 bits per heavy atom. The molecule has 2 saturated heterocycles. The molecule has 0 atom stereocenters. The smallest absolute Gasteiger partial charge is 0.0598 e. The number of nitrogens with one attached hydrogen (secondary N) is 1. The summed E-state index contributed by atoms with van der Waals surface area (Å²) in [4.78, 5) is 2.58. The molecule has 3 heteroatoms. The molecule has 0 radical (unpaired) electrons. The Balaban J connectivity index is 1.81. The van der Waals surface area contributed by atoms with E-state index in [1.807, 2.05) is 0 Å². The third-order valence-corrected chi connectivity index (χ3v) is 4.45. The van der Waals surface area contributed by atoms with E-state index in [-0.39, 0.29) is 5.41 Å². The van der Waals surface area contributed by atoms with Crippen molar-refractivity contribution in [3.05, 3.63) is 34.9 Å². The minimum absolute atomic E-state index is 0.231. The maximum Gasteiger partial charge on any atom is 0.0598 e. The molecular formula is C16H24N2O. The van der Waals surface area contributed by atoms with Crippen LogP contribution in [0.1, 0.15) is 16.7 Å². The molecule has 1 N–H and O–H groups in total. The minimum Gasteiger partial charge on any atom is -0.379 e. The summed E-state index contributed by atoms with van der Waals surface area (Å²) in [5.74, 6) is 0. The fourth-order valence-electron chi connectivity index (χ4n) is 3.39. The Labute approximate surface area is 115 Å². The molecule has 1 aromatic carbocycles. The first-order valence-electron chi connectivity index (χ1n) is 7.28. The van der Waals surface area contributed by atoms with Crippen molar-refractivity contribution in [1.82, 2.24) is 10.2 Å². The highest BCUT2D eigenvalue weighted by Gasteiger charge is 2.42. The number of hydrogen-bond donors (Lipinski definition) is 1. The van der Waals surface area contributed by atoms with Gasteiger partial charge >= 0.3 is 0 Å². The molecule has 0 bridgehead atoms. The van der Waals surface area contributed by atoms with Gasteiger partial charge in [-0.05, 0) is 25.0 Å². The molecule has 2 aliphatic rings. The second-order valence-corrected chi connectivity index (χ2v) is 6.12. The number of ether oxygens (including phenoxy) is 1. The van der Waals surface area contributed by atoms with Gasteiger partial charge in [-0.2, -0.15) is 0 Å². The first-order chi connectivity index (χ1) is 9.20. The van der Waals surface area contributed by atoms with E-state index in [9.17, 15) is 0 Å². The summed E-state index contributed by atoms with van der Waals surface area (Å²) in [5, 5.41) is 3.42. The molecule has 0 saturated carbocycles. The molecule has 3 rings (SSSR count). The zero-order valence-corrected chi connectivity index (χ0v) is 12.0. The Kier molecular flexibility index (Phi) is 3.61. The van der Waals surface area contributed by atoms with Crippen LogP contribution in [0.4, 0.5) is 0 Å². The number of nitrogens with zero attached hydrogens (tertiary/aromatic N) is 1. The summed E-state index contributed by atoms with van der Waals surface area (Å²) >= 11 is 0. The molecule has 1 aromatic rings. The van der Waals surface area contributed by atoms with E-state index in [2.05, 4.69) is 42.3 Å². The number of rotatable bonds is 3. The molecule has 19 heavy (non-hydrogen) atoms. The maximum absolute atomic E-state index is 5.58. The highest BCUT2D eigenvalue weighted by molar-refractivity contribution is 5.38. The Bertz CT molecular complexity index is 448. The molecule has 0 aliphatic carbocycles. The summed E-state index contributed by atoms with van der Waals surface area (Å²) in [5.41, 5.74) is 4.48. The van der Waals surface area contributed by atoms with E-state index < -0.39 is 0 Å². The van der Waals surface area contributed by atoms with Gasteiger partial charge in [-0.1, -0.05) is 23.8 Å². The van der Waals surface area contributed by atoms with Gasteiger partial charge in [-0.3, -0.25) is 4.90 Å². The summed E-state index contributed by atoms with van der Waals surface area (Å²) in [6, 6.07) is 6.85. The Hall–Kier alpha value is -0.900. The van der Waals surface area contributed by atoms with Crippen molar-refractivity contribution in [3.63, 3.8) is 0 Å². The zero-order chi connectivity index (χ0) is 13.3. The lowest BCUT2D eigenvalue weighted by Gasteiger charge is -2.46. The normalized spacial score (nSPS) is 23.1. The summed E-state index contributed by atoms with van der Waals surface area (Å²) in [6.07, 6.45) is 0. The van der Waals surface area contributed by atoms with E-state index in [1.54, 1.807) is 0 Å². The molecule has 2 heterocycles. The predicted molar refractivity (Wildman–Crippen MR) is 77.7 cm³/mol. The quantitative estimate of drug-likeness (QED) is 0.891. The van der Waals surface area contributed by atoms with Crippen LogP contribution in [0.25, 0.3) is 0 Å². The summed E-state index contributed by atoms with van der Waals surface area (Å²) in [6.45, 7) is 11.8. The largest absolute Gasteiger partial charge is 0.379 e. The van der Waals surface area contributed by atoms with Gasteiger partial charge in [0.1, 0.15) is 0 Å². The van der Waals surface area contributed by atoms with Crippen LogP contribution in [-0.2, 0) is 10.2 Å². The lowest BCUT2D eigenvalue weighted by Crippen LogP contribution is -2.57. The van der Waals surface area contributed by atoms with Crippen LogP contribution in [-0.4, -0.2) is 50.8 Å². The molecule has 2 fully saturated rings. The first-order valence-corrected chi connectivity index (χ1v) is 7.28. The molecular weight excluding hydrogens is 236 g/mol. The van der Waals surface area contributed by atoms with Crippen LogP contribution in [0, 0.1) is 13.8 Å². The van der Waals surface area contributed by atoms with Gasteiger partial charge in [0.15, 0.2) is 0 Å². The third kappa shape index (κ3) is 2.55. The van der Waals surface area contributed by atoms with Crippen molar-refractivity contribution in [2.45, 2.75) is 19.3 Å². The Morgan fingerprint density at radius 3 is 2.53 bits per heavy atom. The van der Waals surface area contributed by atoms with Crippen LogP contribution in [0.5, 0.6) is 0 Å². The van der Waals surface area contributed by atoms with Crippen molar-refractivity contribution in [2.75, 3.05) is 45.9 Å². The van der Waals surface area contributed by atoms with Crippen molar-refractivity contribution in [2.24, 2.45) is 0 Å². The van der Waals surface area contributed by atoms with Crippen molar-refractivity contribution < 1.29 is 4.74 Å². The fourth-order valence-corrected chi connectivity index (χ4v) is 3.39. The molecule has 104 valence electrons. The number of benzene rings is 1. The fraction of sp³-hybridized carbons (Fsp3) is 0.625. The van der Waals surface area contributed by atoms with Gasteiger partial charge in [0.2, 0.25) is 0 Å². The number of piperazine rings is 1. The number of aryl methyl sites for hydroxylation is 2. The summed E-state index contributed by atoms with van der Waals surface area (Å²) in [7, 11) is 0. The topological polar surface area (TPSA) is 24.5 Å². The van der Waals surface area contributed by atoms with Gasteiger partial charge in [-0.25, -0.2) is 0 Å². The van der Waals surface area contributed by atoms with Crippen LogP contribution in [0.3, 0.4) is 0 Å². The predicted octanol–water partition coefficient (Wildman–Crippen LogP) is 1.48. The highest BCUT2D eigenvalue weighted by atomic mass is 16.5. The van der Waals surface area contributed by atoms with Crippen molar-refractivity contribution >= 4 is 0 Å². The van der Waals surface area contributed by atoms with Crippen LogP contribution in [0.2, 0.25) is 0 Å². The zero-order valence-electron chi connectivity index (χ0n) is 12.0. The monoisotopic (exact) mass is 260 g/mol. The van der Waals surface area contributed by atoms with Gasteiger partial charge in [0.25, 0.3) is 0 Å². The van der Waals surface area contributed by atoms with Crippen LogP contribution in [0.15, 0.2) is 18.2 Å². The van der Waals surface area contributed by atoms with E-state index in [0.29, 0.717) is 0 Å². The highest BCUT2D eigenvalue weighted by Crippen LogP contribution is 2.35. The molecule has 3 nitrogen and oxygen atoms in total. The summed E-state index contributed by atoms with van der Waals surface area (Å²) < 4.78 is 5.58. The molecule has 0 aromatic heterocycles. The van der Waals surface area contributed by atoms with E-state index in [1.165, 1.54) is 16.7 Å². The third-order valence-electron chi connectivity index (χ3n) is 4.45. The Morgan fingerprint density at radius 2 is 1.95 bits per heavy atom. The van der Waals surface area contributed by atoms with Gasteiger partial charge < -0.3 is 10.1 Å². The van der Waals surface area contributed by atoms with Gasteiger partial charge in [-0.15, -0.1) is 0 Å². The van der Waals surface area contributed by atoms with Gasteiger partial charge in [0, 0.05) is 32.7 Å². The number of hydrogen-bond acceptors (Lipinski definition) is 3. The van der Waals surface area contributed by atoms with Gasteiger partial charge in [0.05, 0.1) is 18.6 Å². The molecule has 2 aliphatic heterocycles. The second-order valence-electron chi connectivity index (χ2n) is 6.12. The van der Waals surface area contributed by atoms with Crippen LogP contribution >= 0.6 is 0 Å². The van der Waals surface area contributed by atoms with Crippen LogP contribution < -0.4 is 5.32 Å². The van der Waals surface area contributed by atoms with Crippen molar-refractivity contribution in [3.8, 4) is 0 Å². The van der Waals surface area contributed by atoms with Crippen molar-refractivity contribution in [1.29, 1.82) is 0 Å². The SMILES string of the molecule is Cc1ccc(C2(CN3CCNCC3)COC2)c(C)c1. The lowest BCUT2D eigenvalue weighted by molar-refractivity contribution is -0.0759. The van der Waals surface area contributed by atoms with E-state index in [0.717, 1.165) is 45.9 Å². The second kappa shape index (κ2) is 5.23. The molecule has 0 amide bonds. The lowest BCUT2D eigenvalue weighted by atomic mass is 9.75. The van der Waals surface area contributed by atoms with E-state index >= 15 is 0 Å².